The Labute approximate surface area is 108 Å². The van der Waals surface area contributed by atoms with E-state index < -0.39 is 14.4 Å². The number of hydrogen-bond donors (Lipinski definition) is 1. The van der Waals surface area contributed by atoms with Crippen LogP contribution in [0.3, 0.4) is 0 Å². The minimum absolute atomic E-state index is 0.275. The minimum atomic E-state index is -1.59. The van der Waals surface area contributed by atoms with Gasteiger partial charge in [-0.15, -0.1) is 5.92 Å². The summed E-state index contributed by atoms with van der Waals surface area (Å²) < 4.78 is 6.04. The van der Waals surface area contributed by atoms with E-state index in [2.05, 4.69) is 45.7 Å². The third-order valence-electron chi connectivity index (χ3n) is 3.37. The molecule has 1 N–H and O–H groups in total. The maximum absolute atomic E-state index is 9.25. The number of aliphatic hydroxyl groups excluding tert-OH is 1. The molecule has 0 aromatic heterocycles. The van der Waals surface area contributed by atoms with E-state index in [1.165, 1.54) is 0 Å². The van der Waals surface area contributed by atoms with Gasteiger partial charge < -0.3 is 9.53 Å². The summed E-state index contributed by atoms with van der Waals surface area (Å²) in [5.74, 6) is 5.82. The predicted molar refractivity (Wildman–Crippen MR) is 76.5 cm³/mol. The third-order valence-corrected chi connectivity index (χ3v) is 7.91. The van der Waals surface area contributed by atoms with Gasteiger partial charge in [0.1, 0.15) is 6.10 Å². The summed E-state index contributed by atoms with van der Waals surface area (Å²) in [6.45, 7) is 14.0. The second kappa shape index (κ2) is 7.20. The van der Waals surface area contributed by atoms with Crippen LogP contribution >= 0.6 is 0 Å². The Hall–Kier alpha value is -0.303. The third kappa shape index (κ3) is 6.87. The summed E-state index contributed by atoms with van der Waals surface area (Å²) in [7, 11) is -1.59. The first-order valence-electron chi connectivity index (χ1n) is 6.51. The summed E-state index contributed by atoms with van der Waals surface area (Å²) in [4.78, 5) is 0. The molecule has 0 aliphatic carbocycles. The molecule has 0 amide bonds. The van der Waals surface area contributed by atoms with Crippen LogP contribution < -0.4 is 0 Å². The highest BCUT2D eigenvalue weighted by molar-refractivity contribution is 6.74. The van der Waals surface area contributed by atoms with E-state index in [9.17, 15) is 5.11 Å². The Bertz CT molecular complexity index is 268. The van der Waals surface area contributed by atoms with Crippen molar-refractivity contribution in [3.63, 3.8) is 0 Å². The standard InChI is InChI=1S/C14H28O2Si/c1-7-13(15)11-9-8-10-12-16-17(5,6)14(2,3)4/h13,15H,7-8,10,12H2,1-6H3/t13-/m0/s1. The van der Waals surface area contributed by atoms with Crippen LogP contribution in [0.2, 0.25) is 18.1 Å². The topological polar surface area (TPSA) is 29.5 Å². The van der Waals surface area contributed by atoms with Gasteiger partial charge in [0.05, 0.1) is 0 Å². The molecule has 0 bridgehead atoms. The SMILES string of the molecule is CC[C@H](O)C#CCCCO[Si](C)(C)C(C)(C)C. The van der Waals surface area contributed by atoms with Crippen LogP contribution in [0.25, 0.3) is 0 Å². The van der Waals surface area contributed by atoms with Gasteiger partial charge in [-0.05, 0) is 31.0 Å². The Kier molecular flexibility index (Phi) is 7.07. The summed E-state index contributed by atoms with van der Waals surface area (Å²) >= 11 is 0. The van der Waals surface area contributed by atoms with Crippen LogP contribution in [-0.4, -0.2) is 26.1 Å². The smallest absolute Gasteiger partial charge is 0.191 e. The fourth-order valence-corrected chi connectivity index (χ4v) is 2.08. The van der Waals surface area contributed by atoms with E-state index in [1.54, 1.807) is 0 Å². The van der Waals surface area contributed by atoms with Crippen LogP contribution in [0.1, 0.15) is 47.0 Å². The number of unbranched alkanes of at least 4 members (excludes halogenated alkanes) is 1. The number of rotatable bonds is 5. The zero-order valence-electron chi connectivity index (χ0n) is 12.3. The molecule has 0 radical (unpaired) electrons. The van der Waals surface area contributed by atoms with E-state index in [0.717, 1.165) is 19.4 Å². The van der Waals surface area contributed by atoms with E-state index in [-0.39, 0.29) is 5.04 Å². The average Bonchev–Trinajstić information content (AvgIpc) is 2.21. The molecule has 0 aromatic rings. The summed E-state index contributed by atoms with van der Waals surface area (Å²) in [5.41, 5.74) is 0. The molecule has 0 aliphatic heterocycles. The molecule has 100 valence electrons. The van der Waals surface area contributed by atoms with Crippen LogP contribution in [0.15, 0.2) is 0 Å². The molecule has 0 heterocycles. The Morgan fingerprint density at radius 2 is 1.88 bits per heavy atom. The van der Waals surface area contributed by atoms with Crippen molar-refractivity contribution in [1.82, 2.24) is 0 Å². The summed E-state index contributed by atoms with van der Waals surface area (Å²) in [5, 5.41) is 9.53. The number of aliphatic hydroxyl groups is 1. The van der Waals surface area contributed by atoms with Crippen molar-refractivity contribution in [3.8, 4) is 11.8 Å². The lowest BCUT2D eigenvalue weighted by atomic mass is 10.2. The largest absolute Gasteiger partial charge is 0.417 e. The molecule has 3 heteroatoms. The van der Waals surface area contributed by atoms with Gasteiger partial charge in [0.2, 0.25) is 0 Å². The fraction of sp³-hybridized carbons (Fsp3) is 0.857. The van der Waals surface area contributed by atoms with Crippen LogP contribution in [0, 0.1) is 11.8 Å². The first kappa shape index (κ1) is 16.7. The summed E-state index contributed by atoms with van der Waals surface area (Å²) in [6.07, 6.45) is 2.01. The lowest BCUT2D eigenvalue weighted by molar-refractivity contribution is 0.228. The van der Waals surface area contributed by atoms with E-state index in [1.807, 2.05) is 6.92 Å². The van der Waals surface area contributed by atoms with Crippen LogP contribution in [0.4, 0.5) is 0 Å². The van der Waals surface area contributed by atoms with E-state index in [4.69, 9.17) is 4.43 Å². The molecule has 0 saturated carbocycles. The second-order valence-corrected chi connectivity index (χ2v) is 10.8. The van der Waals surface area contributed by atoms with Crippen molar-refractivity contribution in [2.24, 2.45) is 0 Å². The highest BCUT2D eigenvalue weighted by Crippen LogP contribution is 2.36. The molecule has 0 saturated heterocycles. The van der Waals surface area contributed by atoms with Crippen LogP contribution in [0.5, 0.6) is 0 Å². The molecular weight excluding hydrogens is 228 g/mol. The van der Waals surface area contributed by atoms with Crippen molar-refractivity contribution in [3.05, 3.63) is 0 Å². The van der Waals surface area contributed by atoms with Gasteiger partial charge in [0.15, 0.2) is 8.32 Å². The van der Waals surface area contributed by atoms with Gasteiger partial charge in [0.25, 0.3) is 0 Å². The first-order chi connectivity index (χ1) is 7.70. The molecule has 17 heavy (non-hydrogen) atoms. The lowest BCUT2D eigenvalue weighted by Crippen LogP contribution is -2.40. The molecule has 0 rings (SSSR count). The Morgan fingerprint density at radius 1 is 1.29 bits per heavy atom. The van der Waals surface area contributed by atoms with Gasteiger partial charge in [-0.2, -0.15) is 0 Å². The Morgan fingerprint density at radius 3 is 2.35 bits per heavy atom. The van der Waals surface area contributed by atoms with Crippen molar-refractivity contribution >= 4 is 8.32 Å². The molecule has 0 unspecified atom stereocenters. The maximum atomic E-state index is 9.25. The minimum Gasteiger partial charge on any atom is -0.417 e. The van der Waals surface area contributed by atoms with Crippen molar-refractivity contribution in [1.29, 1.82) is 0 Å². The zero-order chi connectivity index (χ0) is 13.5. The van der Waals surface area contributed by atoms with Crippen molar-refractivity contribution < 1.29 is 9.53 Å². The normalized spacial score (nSPS) is 14.1. The van der Waals surface area contributed by atoms with Gasteiger partial charge >= 0.3 is 0 Å². The predicted octanol–water partition coefficient (Wildman–Crippen LogP) is 3.56. The highest BCUT2D eigenvalue weighted by Gasteiger charge is 2.36. The summed E-state index contributed by atoms with van der Waals surface area (Å²) in [6, 6.07) is 0. The Balaban J connectivity index is 3.82. The molecule has 1 atom stereocenters. The monoisotopic (exact) mass is 256 g/mol. The van der Waals surface area contributed by atoms with Crippen molar-refractivity contribution in [2.75, 3.05) is 6.61 Å². The van der Waals surface area contributed by atoms with Crippen molar-refractivity contribution in [2.45, 2.75) is 71.2 Å². The zero-order valence-corrected chi connectivity index (χ0v) is 13.3. The van der Waals surface area contributed by atoms with Gasteiger partial charge in [-0.3, -0.25) is 0 Å². The fourth-order valence-electron chi connectivity index (χ4n) is 0.996. The maximum Gasteiger partial charge on any atom is 0.191 e. The van der Waals surface area contributed by atoms with E-state index in [0.29, 0.717) is 6.42 Å². The molecule has 0 aromatic carbocycles. The number of hydrogen-bond acceptors (Lipinski definition) is 2. The molecule has 0 aliphatic rings. The second-order valence-electron chi connectivity index (χ2n) is 5.96. The highest BCUT2D eigenvalue weighted by atomic mass is 28.4. The molecule has 0 fully saturated rings. The first-order valence-corrected chi connectivity index (χ1v) is 9.42. The van der Waals surface area contributed by atoms with Crippen LogP contribution in [-0.2, 0) is 4.43 Å². The van der Waals surface area contributed by atoms with Gasteiger partial charge in [0, 0.05) is 13.0 Å². The average molecular weight is 256 g/mol. The van der Waals surface area contributed by atoms with E-state index >= 15 is 0 Å². The lowest BCUT2D eigenvalue weighted by Gasteiger charge is -2.36. The molecule has 0 spiro atoms. The molecular formula is C14H28O2Si. The molecule has 2 nitrogen and oxygen atoms in total. The van der Waals surface area contributed by atoms with Gasteiger partial charge in [-0.25, -0.2) is 0 Å². The quantitative estimate of drug-likeness (QED) is 0.463. The van der Waals surface area contributed by atoms with Gasteiger partial charge in [-0.1, -0.05) is 33.6 Å².